The molecule has 1 heterocycles. The molecule has 3 aromatic rings. The predicted molar refractivity (Wildman–Crippen MR) is 116 cm³/mol. The van der Waals surface area contributed by atoms with Crippen LogP contribution in [0.2, 0.25) is 0 Å². The minimum absolute atomic E-state index is 0.0151. The van der Waals surface area contributed by atoms with Gasteiger partial charge in [0.1, 0.15) is 6.54 Å². The topological polar surface area (TPSA) is 64.0 Å². The van der Waals surface area contributed by atoms with Crippen LogP contribution in [0.25, 0.3) is 11.3 Å². The molecule has 0 radical (unpaired) electrons. The van der Waals surface area contributed by atoms with E-state index in [9.17, 15) is 9.59 Å². The van der Waals surface area contributed by atoms with Crippen LogP contribution in [0.1, 0.15) is 30.0 Å². The molecule has 1 amide bonds. The van der Waals surface area contributed by atoms with Crippen molar-refractivity contribution in [1.82, 2.24) is 15.1 Å². The number of rotatable bonds is 7. The third kappa shape index (κ3) is 5.64. The van der Waals surface area contributed by atoms with Crippen LogP contribution < -0.4 is 10.9 Å². The van der Waals surface area contributed by atoms with Gasteiger partial charge in [0.05, 0.1) is 5.69 Å². The summed E-state index contributed by atoms with van der Waals surface area (Å²) in [6, 6.07) is 19.4. The Bertz CT molecular complexity index is 1040. The first-order valence-electron chi connectivity index (χ1n) is 9.91. The van der Waals surface area contributed by atoms with Crippen molar-refractivity contribution in [3.05, 3.63) is 87.7 Å². The van der Waals surface area contributed by atoms with Crippen LogP contribution in [0.5, 0.6) is 0 Å². The summed E-state index contributed by atoms with van der Waals surface area (Å²) >= 11 is 0. The molecule has 1 atom stereocenters. The van der Waals surface area contributed by atoms with Gasteiger partial charge >= 0.3 is 0 Å². The summed E-state index contributed by atoms with van der Waals surface area (Å²) in [4.78, 5) is 24.6. The van der Waals surface area contributed by atoms with Gasteiger partial charge in [-0.3, -0.25) is 9.59 Å². The molecule has 0 fully saturated rings. The number of amides is 1. The van der Waals surface area contributed by atoms with Gasteiger partial charge in [0.15, 0.2) is 0 Å². The molecular weight excluding hydrogens is 362 g/mol. The molecule has 1 aromatic heterocycles. The van der Waals surface area contributed by atoms with Gasteiger partial charge in [0.2, 0.25) is 5.91 Å². The lowest BCUT2D eigenvalue weighted by Gasteiger charge is -2.14. The summed E-state index contributed by atoms with van der Waals surface area (Å²) in [5.41, 5.74) is 4.92. The summed E-state index contributed by atoms with van der Waals surface area (Å²) in [6.07, 6.45) is 1.73. The quantitative estimate of drug-likeness (QED) is 0.671. The molecule has 0 saturated carbocycles. The van der Waals surface area contributed by atoms with E-state index in [1.54, 1.807) is 6.07 Å². The van der Waals surface area contributed by atoms with Crippen LogP contribution in [0.3, 0.4) is 0 Å². The predicted octanol–water partition coefficient (Wildman–Crippen LogP) is 3.66. The highest BCUT2D eigenvalue weighted by molar-refractivity contribution is 5.76. The lowest BCUT2D eigenvalue weighted by Crippen LogP contribution is -2.38. The molecule has 0 aliphatic carbocycles. The van der Waals surface area contributed by atoms with E-state index in [0.29, 0.717) is 5.69 Å². The number of nitrogens with zero attached hydrogens (tertiary/aromatic N) is 2. The smallest absolute Gasteiger partial charge is 0.267 e. The van der Waals surface area contributed by atoms with Crippen LogP contribution >= 0.6 is 0 Å². The van der Waals surface area contributed by atoms with E-state index in [2.05, 4.69) is 29.5 Å². The fourth-order valence-electron chi connectivity index (χ4n) is 3.17. The summed E-state index contributed by atoms with van der Waals surface area (Å²) in [5.74, 6) is -0.211. The minimum Gasteiger partial charge on any atom is -0.352 e. The first-order chi connectivity index (χ1) is 13.9. The molecular formula is C24H27N3O2. The second-order valence-electron chi connectivity index (χ2n) is 7.51. The highest BCUT2D eigenvalue weighted by Crippen LogP contribution is 2.19. The lowest BCUT2D eigenvalue weighted by molar-refractivity contribution is -0.122. The number of hydrogen-bond acceptors (Lipinski definition) is 3. The fraction of sp³-hybridized carbons (Fsp3) is 0.292. The maximum absolute atomic E-state index is 12.4. The number of aromatic nitrogens is 2. The van der Waals surface area contributed by atoms with Gasteiger partial charge in [0.25, 0.3) is 5.56 Å². The van der Waals surface area contributed by atoms with Gasteiger partial charge in [0, 0.05) is 17.7 Å². The summed E-state index contributed by atoms with van der Waals surface area (Å²) in [6.45, 7) is 5.98. The number of aryl methyl sites for hydroxylation is 3. The highest BCUT2D eigenvalue weighted by Gasteiger charge is 2.11. The molecule has 1 N–H and O–H groups in total. The average molecular weight is 389 g/mol. The normalized spacial score (nSPS) is 11.8. The Balaban J connectivity index is 1.63. The van der Waals surface area contributed by atoms with Crippen molar-refractivity contribution < 1.29 is 4.79 Å². The largest absolute Gasteiger partial charge is 0.352 e. The zero-order valence-electron chi connectivity index (χ0n) is 17.2. The van der Waals surface area contributed by atoms with E-state index in [4.69, 9.17) is 0 Å². The Morgan fingerprint density at radius 1 is 1.03 bits per heavy atom. The number of carbonyl (C=O) groups excluding carboxylic acids is 1. The molecule has 2 aromatic carbocycles. The second-order valence-corrected chi connectivity index (χ2v) is 7.51. The molecule has 0 aliphatic rings. The van der Waals surface area contributed by atoms with E-state index in [-0.39, 0.29) is 24.1 Å². The molecule has 0 saturated heterocycles. The van der Waals surface area contributed by atoms with Crippen molar-refractivity contribution in [2.45, 2.75) is 46.2 Å². The van der Waals surface area contributed by atoms with E-state index in [1.165, 1.54) is 21.9 Å². The monoisotopic (exact) mass is 389 g/mol. The summed E-state index contributed by atoms with van der Waals surface area (Å²) in [5, 5.41) is 7.36. The van der Waals surface area contributed by atoms with Crippen molar-refractivity contribution in [2.75, 3.05) is 0 Å². The van der Waals surface area contributed by atoms with Gasteiger partial charge in [-0.15, -0.1) is 0 Å². The maximum Gasteiger partial charge on any atom is 0.267 e. The van der Waals surface area contributed by atoms with Crippen LogP contribution in [-0.4, -0.2) is 21.7 Å². The number of nitrogens with one attached hydrogen (secondary N) is 1. The highest BCUT2D eigenvalue weighted by atomic mass is 16.2. The zero-order valence-corrected chi connectivity index (χ0v) is 17.2. The molecule has 29 heavy (non-hydrogen) atoms. The molecule has 5 heteroatoms. The van der Waals surface area contributed by atoms with Crippen LogP contribution in [0.15, 0.2) is 65.5 Å². The standard InChI is InChI=1S/C24H27N3O2/c1-17-9-12-21(15-18(17)2)22-13-14-24(29)27(26-22)16-23(28)25-19(3)10-11-20-7-5-4-6-8-20/h4-9,12-15,19H,10-11,16H2,1-3H3,(H,25,28). The van der Waals surface area contributed by atoms with E-state index in [1.807, 2.05) is 50.2 Å². The minimum atomic E-state index is -0.287. The van der Waals surface area contributed by atoms with Crippen molar-refractivity contribution in [2.24, 2.45) is 0 Å². The molecule has 0 bridgehead atoms. The first-order valence-corrected chi connectivity index (χ1v) is 9.91. The Labute approximate surface area is 171 Å². The van der Waals surface area contributed by atoms with Crippen LogP contribution in [-0.2, 0) is 17.8 Å². The van der Waals surface area contributed by atoms with Gasteiger partial charge in [-0.2, -0.15) is 5.10 Å². The van der Waals surface area contributed by atoms with Gasteiger partial charge < -0.3 is 5.32 Å². The van der Waals surface area contributed by atoms with Crippen molar-refractivity contribution in [3.8, 4) is 11.3 Å². The van der Waals surface area contributed by atoms with Crippen LogP contribution in [0, 0.1) is 13.8 Å². The Kier molecular flexibility index (Phi) is 6.60. The number of carbonyl (C=O) groups is 1. The van der Waals surface area contributed by atoms with Crippen molar-refractivity contribution in [3.63, 3.8) is 0 Å². The number of hydrogen-bond donors (Lipinski definition) is 1. The van der Waals surface area contributed by atoms with Crippen molar-refractivity contribution in [1.29, 1.82) is 0 Å². The van der Waals surface area contributed by atoms with E-state index >= 15 is 0 Å². The molecule has 5 nitrogen and oxygen atoms in total. The van der Waals surface area contributed by atoms with Crippen molar-refractivity contribution >= 4 is 5.91 Å². The Morgan fingerprint density at radius 2 is 1.79 bits per heavy atom. The summed E-state index contributed by atoms with van der Waals surface area (Å²) < 4.78 is 1.23. The lowest BCUT2D eigenvalue weighted by atomic mass is 10.0. The van der Waals surface area contributed by atoms with E-state index in [0.717, 1.165) is 24.0 Å². The molecule has 3 rings (SSSR count). The molecule has 0 spiro atoms. The SMILES string of the molecule is Cc1ccc(-c2ccc(=O)n(CC(=O)NC(C)CCc3ccccc3)n2)cc1C. The third-order valence-corrected chi connectivity index (χ3v) is 5.08. The number of benzene rings is 2. The third-order valence-electron chi connectivity index (χ3n) is 5.08. The van der Waals surface area contributed by atoms with Gasteiger partial charge in [-0.1, -0.05) is 42.5 Å². The second kappa shape index (κ2) is 9.32. The fourth-order valence-corrected chi connectivity index (χ4v) is 3.17. The van der Waals surface area contributed by atoms with Gasteiger partial charge in [-0.05, 0) is 62.4 Å². The van der Waals surface area contributed by atoms with E-state index < -0.39 is 0 Å². The molecule has 150 valence electrons. The maximum atomic E-state index is 12.4. The Hall–Kier alpha value is -3.21. The zero-order chi connectivity index (χ0) is 20.8. The molecule has 0 aliphatic heterocycles. The Morgan fingerprint density at radius 3 is 2.52 bits per heavy atom. The summed E-state index contributed by atoms with van der Waals surface area (Å²) in [7, 11) is 0. The molecule has 1 unspecified atom stereocenters. The first kappa shape index (κ1) is 20.5. The van der Waals surface area contributed by atoms with Crippen LogP contribution in [0.4, 0.5) is 0 Å². The van der Waals surface area contributed by atoms with Gasteiger partial charge in [-0.25, -0.2) is 4.68 Å². The average Bonchev–Trinajstić information content (AvgIpc) is 2.71.